The summed E-state index contributed by atoms with van der Waals surface area (Å²) in [6.07, 6.45) is 3.75. The van der Waals surface area contributed by atoms with Crippen molar-refractivity contribution >= 4 is 10.9 Å². The molecule has 0 bridgehead atoms. The molecule has 4 rings (SSSR count). The number of benzene rings is 1. The van der Waals surface area contributed by atoms with Gasteiger partial charge in [-0.1, -0.05) is 18.2 Å². The molecule has 5 heteroatoms. The minimum absolute atomic E-state index is 0.317. The highest BCUT2D eigenvalue weighted by Crippen LogP contribution is 2.31. The average molecular weight is 369 g/mol. The average Bonchev–Trinajstić information content (AvgIpc) is 2.83. The smallest absolute Gasteiger partial charge is 0.145 e. The van der Waals surface area contributed by atoms with E-state index in [1.165, 1.54) is 38.9 Å². The molecule has 0 radical (unpaired) electrons. The second-order valence-corrected chi connectivity index (χ2v) is 8.35. The first kappa shape index (κ1) is 18.7. The van der Waals surface area contributed by atoms with Crippen LogP contribution in [-0.4, -0.2) is 79.2 Å². The van der Waals surface area contributed by atoms with Crippen molar-refractivity contribution < 1.29 is 4.74 Å². The van der Waals surface area contributed by atoms with E-state index < -0.39 is 0 Å². The van der Waals surface area contributed by atoms with E-state index in [2.05, 4.69) is 47.0 Å². The van der Waals surface area contributed by atoms with Gasteiger partial charge in [0, 0.05) is 24.0 Å². The Hall–Kier alpha value is -1.69. The highest BCUT2D eigenvalue weighted by Gasteiger charge is 2.40. The molecule has 2 fully saturated rings. The maximum Gasteiger partial charge on any atom is 0.145 e. The maximum absolute atomic E-state index is 5.52. The van der Waals surface area contributed by atoms with Gasteiger partial charge in [0.05, 0.1) is 12.8 Å². The summed E-state index contributed by atoms with van der Waals surface area (Å²) in [7, 11) is 6.29. The minimum Gasteiger partial charge on any atom is -0.494 e. The number of pyridine rings is 1. The number of aromatic nitrogens is 1. The van der Waals surface area contributed by atoms with E-state index in [1.54, 1.807) is 7.11 Å². The molecule has 3 heterocycles. The zero-order valence-electron chi connectivity index (χ0n) is 16.9. The van der Waals surface area contributed by atoms with Crippen molar-refractivity contribution in [2.24, 2.45) is 0 Å². The molecule has 2 aromatic rings. The first-order chi connectivity index (χ1) is 13.1. The third kappa shape index (κ3) is 3.82. The van der Waals surface area contributed by atoms with E-state index in [1.807, 2.05) is 12.1 Å². The fourth-order valence-electron chi connectivity index (χ4n) is 4.74. The minimum atomic E-state index is 0.317. The predicted octanol–water partition coefficient (Wildman–Crippen LogP) is 2.85. The summed E-state index contributed by atoms with van der Waals surface area (Å²) in [5.41, 5.74) is 2.43. The summed E-state index contributed by atoms with van der Waals surface area (Å²) >= 11 is 0. The normalized spacial score (nSPS) is 22.2. The van der Waals surface area contributed by atoms with E-state index in [4.69, 9.17) is 9.72 Å². The van der Waals surface area contributed by atoms with Gasteiger partial charge in [0.1, 0.15) is 11.3 Å². The number of fused-ring (bicyclic) bond motifs is 1. The van der Waals surface area contributed by atoms with E-state index in [-0.39, 0.29) is 0 Å². The molecule has 1 spiro atoms. The molecule has 2 saturated heterocycles. The molecule has 2 aliphatic rings. The van der Waals surface area contributed by atoms with Crippen LogP contribution in [-0.2, 0) is 6.54 Å². The Labute approximate surface area is 162 Å². The lowest BCUT2D eigenvalue weighted by molar-refractivity contribution is 0.0335. The van der Waals surface area contributed by atoms with Gasteiger partial charge in [0.25, 0.3) is 0 Å². The Morgan fingerprint density at radius 2 is 1.85 bits per heavy atom. The number of likely N-dealkylation sites (N-methyl/N-ethyl adjacent to an activating group) is 1. The van der Waals surface area contributed by atoms with E-state index >= 15 is 0 Å². The Morgan fingerprint density at radius 1 is 1.04 bits per heavy atom. The van der Waals surface area contributed by atoms with Crippen LogP contribution in [0.4, 0.5) is 0 Å². The van der Waals surface area contributed by atoms with Crippen molar-refractivity contribution in [1.82, 2.24) is 19.7 Å². The number of hydrogen-bond donors (Lipinski definition) is 0. The molecule has 0 amide bonds. The van der Waals surface area contributed by atoms with Crippen molar-refractivity contribution in [3.8, 4) is 5.75 Å². The van der Waals surface area contributed by atoms with Gasteiger partial charge >= 0.3 is 0 Å². The van der Waals surface area contributed by atoms with Gasteiger partial charge in [0.15, 0.2) is 0 Å². The molecule has 5 nitrogen and oxygen atoms in total. The summed E-state index contributed by atoms with van der Waals surface area (Å²) in [6.45, 7) is 6.79. The predicted molar refractivity (Wildman–Crippen MR) is 110 cm³/mol. The molecule has 2 aliphatic heterocycles. The van der Waals surface area contributed by atoms with Crippen LogP contribution >= 0.6 is 0 Å². The zero-order valence-corrected chi connectivity index (χ0v) is 16.9. The summed E-state index contributed by atoms with van der Waals surface area (Å²) < 4.78 is 5.52. The fraction of sp³-hybridized carbons (Fsp3) is 0.591. The van der Waals surface area contributed by atoms with Crippen LogP contribution in [0.2, 0.25) is 0 Å². The second kappa shape index (κ2) is 7.74. The van der Waals surface area contributed by atoms with Crippen LogP contribution in [0, 0.1) is 0 Å². The van der Waals surface area contributed by atoms with Crippen LogP contribution in [0.1, 0.15) is 25.0 Å². The number of likely N-dealkylation sites (tertiary alicyclic amines) is 1. The number of para-hydroxylation sites is 1. The van der Waals surface area contributed by atoms with Gasteiger partial charge < -0.3 is 9.64 Å². The molecule has 1 aromatic heterocycles. The van der Waals surface area contributed by atoms with Crippen molar-refractivity contribution in [2.45, 2.75) is 31.3 Å². The summed E-state index contributed by atoms with van der Waals surface area (Å²) in [4.78, 5) is 12.7. The van der Waals surface area contributed by atoms with Crippen molar-refractivity contribution in [3.05, 3.63) is 36.0 Å². The first-order valence-electron chi connectivity index (χ1n) is 10.1. The van der Waals surface area contributed by atoms with Gasteiger partial charge in [-0.2, -0.15) is 0 Å². The van der Waals surface area contributed by atoms with Gasteiger partial charge in [-0.25, -0.2) is 4.98 Å². The van der Waals surface area contributed by atoms with E-state index in [0.717, 1.165) is 42.0 Å². The van der Waals surface area contributed by atoms with Gasteiger partial charge in [-0.15, -0.1) is 0 Å². The van der Waals surface area contributed by atoms with E-state index in [9.17, 15) is 0 Å². The van der Waals surface area contributed by atoms with Gasteiger partial charge in [-0.3, -0.25) is 9.80 Å². The number of methoxy groups -OCH3 is 1. The number of rotatable bonds is 3. The first-order valence-corrected chi connectivity index (χ1v) is 10.1. The molecule has 0 aliphatic carbocycles. The Balaban J connectivity index is 1.55. The Morgan fingerprint density at radius 3 is 2.63 bits per heavy atom. The lowest BCUT2D eigenvalue weighted by atomic mass is 9.85. The monoisotopic (exact) mass is 368 g/mol. The molecular weight excluding hydrogens is 336 g/mol. The fourth-order valence-corrected chi connectivity index (χ4v) is 4.74. The molecule has 1 aromatic carbocycles. The third-order valence-corrected chi connectivity index (χ3v) is 6.56. The highest BCUT2D eigenvalue weighted by atomic mass is 16.5. The molecular formula is C22H32N4O. The van der Waals surface area contributed by atoms with Crippen LogP contribution in [0.5, 0.6) is 5.75 Å². The number of nitrogens with zero attached hydrogens (tertiary/aromatic N) is 4. The lowest BCUT2D eigenvalue weighted by Gasteiger charge is -2.47. The molecule has 146 valence electrons. The largest absolute Gasteiger partial charge is 0.494 e. The summed E-state index contributed by atoms with van der Waals surface area (Å²) in [5, 5.41) is 1.14. The van der Waals surface area contributed by atoms with Crippen LogP contribution in [0.3, 0.4) is 0 Å². The molecule has 0 atom stereocenters. The second-order valence-electron chi connectivity index (χ2n) is 8.35. The summed E-state index contributed by atoms with van der Waals surface area (Å²) in [6, 6.07) is 10.5. The number of hydrogen-bond acceptors (Lipinski definition) is 5. The standard InChI is InChI=1S/C22H32N4O/c1-24-14-10-22(11-15-24)17-26(13-5-12-25(22)2)16-19-9-8-18-6-4-7-20(27-3)21(18)23-19/h4,6-9H,5,10-17H2,1-3H3. The molecule has 0 unspecified atom stereocenters. The van der Waals surface area contributed by atoms with Gasteiger partial charge in [0.2, 0.25) is 0 Å². The van der Waals surface area contributed by atoms with Crippen LogP contribution in [0.15, 0.2) is 30.3 Å². The van der Waals surface area contributed by atoms with Gasteiger partial charge in [-0.05, 0) is 71.7 Å². The van der Waals surface area contributed by atoms with Crippen molar-refractivity contribution in [2.75, 3.05) is 53.9 Å². The van der Waals surface area contributed by atoms with E-state index in [0.29, 0.717) is 5.54 Å². The van der Waals surface area contributed by atoms with Crippen molar-refractivity contribution in [3.63, 3.8) is 0 Å². The lowest BCUT2D eigenvalue weighted by Crippen LogP contribution is -2.57. The molecule has 0 N–H and O–H groups in total. The number of piperidine rings is 1. The maximum atomic E-state index is 5.52. The van der Waals surface area contributed by atoms with Crippen molar-refractivity contribution in [1.29, 1.82) is 0 Å². The number of ether oxygens (including phenoxy) is 1. The SMILES string of the molecule is COc1cccc2ccc(CN3CCCN(C)C4(CCN(C)CC4)C3)nc12. The quantitative estimate of drug-likeness (QED) is 0.832. The molecule has 0 saturated carbocycles. The Kier molecular flexibility index (Phi) is 5.35. The topological polar surface area (TPSA) is 31.8 Å². The van der Waals surface area contributed by atoms with Crippen LogP contribution < -0.4 is 4.74 Å². The van der Waals surface area contributed by atoms with Crippen LogP contribution in [0.25, 0.3) is 10.9 Å². The third-order valence-electron chi connectivity index (χ3n) is 6.56. The highest BCUT2D eigenvalue weighted by molar-refractivity contribution is 5.84. The zero-order chi connectivity index (χ0) is 18.9. The Bertz CT molecular complexity index is 785. The molecule has 27 heavy (non-hydrogen) atoms. The summed E-state index contributed by atoms with van der Waals surface area (Å²) in [5.74, 6) is 0.858.